The van der Waals surface area contributed by atoms with Crippen LogP contribution in [0.25, 0.3) is 0 Å². The molecular formula is C8H13NO3. The van der Waals surface area contributed by atoms with Crippen molar-refractivity contribution in [3.8, 4) is 0 Å². The van der Waals surface area contributed by atoms with Crippen molar-refractivity contribution in [2.75, 3.05) is 26.3 Å². The van der Waals surface area contributed by atoms with Gasteiger partial charge in [-0.15, -0.1) is 0 Å². The summed E-state index contributed by atoms with van der Waals surface area (Å²) in [7, 11) is 0. The van der Waals surface area contributed by atoms with Gasteiger partial charge in [-0.1, -0.05) is 0 Å². The Morgan fingerprint density at radius 1 is 1.33 bits per heavy atom. The van der Waals surface area contributed by atoms with Gasteiger partial charge < -0.3 is 14.4 Å². The van der Waals surface area contributed by atoms with Crippen LogP contribution in [0.15, 0.2) is 0 Å². The second-order valence-electron chi connectivity index (χ2n) is 3.18. The van der Waals surface area contributed by atoms with Crippen molar-refractivity contribution in [3.05, 3.63) is 0 Å². The van der Waals surface area contributed by atoms with Crippen LogP contribution in [0.4, 0.5) is 4.79 Å². The average Bonchev–Trinajstić information content (AvgIpc) is 2.90. The lowest BCUT2D eigenvalue weighted by Crippen LogP contribution is -2.41. The molecule has 12 heavy (non-hydrogen) atoms. The molecule has 1 aliphatic heterocycles. The molecule has 0 aromatic heterocycles. The molecule has 1 heterocycles. The van der Waals surface area contributed by atoms with Crippen LogP contribution in [-0.4, -0.2) is 43.4 Å². The van der Waals surface area contributed by atoms with Gasteiger partial charge in [0, 0.05) is 13.1 Å². The maximum Gasteiger partial charge on any atom is 0.410 e. The van der Waals surface area contributed by atoms with E-state index in [1.54, 1.807) is 4.90 Å². The van der Waals surface area contributed by atoms with Crippen molar-refractivity contribution >= 4 is 6.09 Å². The van der Waals surface area contributed by atoms with Crippen LogP contribution in [0.3, 0.4) is 0 Å². The Kier molecular flexibility index (Phi) is 2.17. The Hall–Kier alpha value is -0.770. The number of carbonyl (C=O) groups excluding carboxylic acids is 1. The number of hydrogen-bond acceptors (Lipinski definition) is 3. The van der Waals surface area contributed by atoms with E-state index in [4.69, 9.17) is 9.47 Å². The molecule has 0 aromatic rings. The van der Waals surface area contributed by atoms with E-state index in [0.717, 1.165) is 12.8 Å². The van der Waals surface area contributed by atoms with Crippen molar-refractivity contribution in [2.24, 2.45) is 0 Å². The van der Waals surface area contributed by atoms with Crippen molar-refractivity contribution < 1.29 is 14.3 Å². The molecular weight excluding hydrogens is 158 g/mol. The summed E-state index contributed by atoms with van der Waals surface area (Å²) < 4.78 is 10.3. The summed E-state index contributed by atoms with van der Waals surface area (Å²) in [6, 6.07) is 0. The summed E-state index contributed by atoms with van der Waals surface area (Å²) in [4.78, 5) is 13.0. The molecule has 2 rings (SSSR count). The van der Waals surface area contributed by atoms with Crippen molar-refractivity contribution in [1.29, 1.82) is 0 Å². The number of amides is 1. The predicted octanol–water partition coefficient (Wildman–Crippen LogP) is 0.618. The third kappa shape index (κ3) is 1.88. The van der Waals surface area contributed by atoms with E-state index >= 15 is 0 Å². The lowest BCUT2D eigenvalue weighted by Gasteiger charge is -2.25. The SMILES string of the molecule is O=C(OC1CC1)N1CCOCC1. The minimum absolute atomic E-state index is 0.166. The molecule has 0 bridgehead atoms. The molecule has 2 fully saturated rings. The standard InChI is InChI=1S/C8H13NO3/c10-8(12-7-1-2-7)9-3-5-11-6-4-9/h7H,1-6H2. The first-order chi connectivity index (χ1) is 5.86. The van der Waals surface area contributed by atoms with Gasteiger partial charge in [0.25, 0.3) is 0 Å². The molecule has 1 saturated heterocycles. The Labute approximate surface area is 71.4 Å². The summed E-state index contributed by atoms with van der Waals surface area (Å²) in [6.07, 6.45) is 2.12. The molecule has 2 aliphatic rings. The number of carbonyl (C=O) groups is 1. The maximum absolute atomic E-state index is 11.3. The maximum atomic E-state index is 11.3. The molecule has 0 aromatic carbocycles. The van der Waals surface area contributed by atoms with Gasteiger partial charge in [0.15, 0.2) is 0 Å². The molecule has 0 atom stereocenters. The highest BCUT2D eigenvalue weighted by molar-refractivity contribution is 5.68. The molecule has 4 heteroatoms. The Morgan fingerprint density at radius 3 is 2.58 bits per heavy atom. The number of hydrogen-bond donors (Lipinski definition) is 0. The largest absolute Gasteiger partial charge is 0.446 e. The lowest BCUT2D eigenvalue weighted by atomic mass is 10.5. The second-order valence-corrected chi connectivity index (χ2v) is 3.18. The Bertz CT molecular complexity index is 173. The summed E-state index contributed by atoms with van der Waals surface area (Å²) >= 11 is 0. The minimum atomic E-state index is -0.166. The number of rotatable bonds is 1. The van der Waals surface area contributed by atoms with Gasteiger partial charge in [-0.2, -0.15) is 0 Å². The molecule has 0 spiro atoms. The fourth-order valence-electron chi connectivity index (χ4n) is 1.15. The highest BCUT2D eigenvalue weighted by Gasteiger charge is 2.28. The summed E-state index contributed by atoms with van der Waals surface area (Å²) in [6.45, 7) is 2.62. The molecule has 0 N–H and O–H groups in total. The van der Waals surface area contributed by atoms with Crippen molar-refractivity contribution in [1.82, 2.24) is 4.90 Å². The number of nitrogens with zero attached hydrogens (tertiary/aromatic N) is 1. The molecule has 0 unspecified atom stereocenters. The summed E-state index contributed by atoms with van der Waals surface area (Å²) in [5.41, 5.74) is 0. The molecule has 1 aliphatic carbocycles. The first-order valence-electron chi connectivity index (χ1n) is 4.39. The average molecular weight is 171 g/mol. The molecule has 1 amide bonds. The topological polar surface area (TPSA) is 38.8 Å². The van der Waals surface area contributed by atoms with Gasteiger partial charge in [0.2, 0.25) is 0 Å². The van der Waals surface area contributed by atoms with Gasteiger partial charge in [-0.05, 0) is 12.8 Å². The monoisotopic (exact) mass is 171 g/mol. The molecule has 68 valence electrons. The number of morpholine rings is 1. The molecule has 4 nitrogen and oxygen atoms in total. The normalized spacial score (nSPS) is 23.8. The zero-order valence-corrected chi connectivity index (χ0v) is 6.99. The quantitative estimate of drug-likeness (QED) is 0.580. The van der Waals surface area contributed by atoms with Gasteiger partial charge in [0.05, 0.1) is 13.2 Å². The lowest BCUT2D eigenvalue weighted by molar-refractivity contribution is 0.0249. The van der Waals surface area contributed by atoms with Crippen LogP contribution in [0.5, 0.6) is 0 Å². The second kappa shape index (κ2) is 3.31. The van der Waals surface area contributed by atoms with Crippen LogP contribution in [-0.2, 0) is 9.47 Å². The van der Waals surface area contributed by atoms with Crippen LogP contribution in [0, 0.1) is 0 Å². The third-order valence-corrected chi connectivity index (χ3v) is 2.06. The smallest absolute Gasteiger partial charge is 0.410 e. The van der Waals surface area contributed by atoms with E-state index in [0.29, 0.717) is 26.3 Å². The number of ether oxygens (including phenoxy) is 2. The van der Waals surface area contributed by atoms with Crippen LogP contribution >= 0.6 is 0 Å². The van der Waals surface area contributed by atoms with Crippen molar-refractivity contribution in [3.63, 3.8) is 0 Å². The van der Waals surface area contributed by atoms with Gasteiger partial charge in [-0.25, -0.2) is 4.79 Å². The molecule has 1 saturated carbocycles. The van der Waals surface area contributed by atoms with Crippen molar-refractivity contribution in [2.45, 2.75) is 18.9 Å². The van der Waals surface area contributed by atoms with Gasteiger partial charge in [0.1, 0.15) is 6.10 Å². The Morgan fingerprint density at radius 2 is 2.00 bits per heavy atom. The van der Waals surface area contributed by atoms with Gasteiger partial charge >= 0.3 is 6.09 Å². The first kappa shape index (κ1) is 7.86. The first-order valence-corrected chi connectivity index (χ1v) is 4.39. The van der Waals surface area contributed by atoms with Gasteiger partial charge in [-0.3, -0.25) is 0 Å². The predicted molar refractivity (Wildman–Crippen MR) is 41.9 cm³/mol. The zero-order chi connectivity index (χ0) is 8.39. The van der Waals surface area contributed by atoms with E-state index in [1.165, 1.54) is 0 Å². The highest BCUT2D eigenvalue weighted by Crippen LogP contribution is 2.24. The van der Waals surface area contributed by atoms with E-state index < -0.39 is 0 Å². The fraction of sp³-hybridized carbons (Fsp3) is 0.875. The summed E-state index contributed by atoms with van der Waals surface area (Å²) in [5, 5.41) is 0. The summed E-state index contributed by atoms with van der Waals surface area (Å²) in [5.74, 6) is 0. The zero-order valence-electron chi connectivity index (χ0n) is 6.99. The van der Waals surface area contributed by atoms with Crippen LogP contribution in [0.2, 0.25) is 0 Å². The van der Waals surface area contributed by atoms with Crippen LogP contribution in [0.1, 0.15) is 12.8 Å². The fourth-order valence-corrected chi connectivity index (χ4v) is 1.15. The Balaban J connectivity index is 1.76. The van der Waals surface area contributed by atoms with Crippen LogP contribution < -0.4 is 0 Å². The van der Waals surface area contributed by atoms with E-state index in [-0.39, 0.29) is 12.2 Å². The minimum Gasteiger partial charge on any atom is -0.446 e. The highest BCUT2D eigenvalue weighted by atomic mass is 16.6. The third-order valence-electron chi connectivity index (χ3n) is 2.06. The molecule has 0 radical (unpaired) electrons. The van der Waals surface area contributed by atoms with E-state index in [2.05, 4.69) is 0 Å². The van der Waals surface area contributed by atoms with E-state index in [1.807, 2.05) is 0 Å². The van der Waals surface area contributed by atoms with E-state index in [9.17, 15) is 4.79 Å².